The second kappa shape index (κ2) is 9.19. The number of nitrogens with zero attached hydrogens (tertiary/aromatic N) is 1. The number of rotatable bonds is 7. The summed E-state index contributed by atoms with van der Waals surface area (Å²) in [5.74, 6) is -0.310. The van der Waals surface area contributed by atoms with Crippen LogP contribution in [0.4, 0.5) is 0 Å². The van der Waals surface area contributed by atoms with Crippen LogP contribution in [-0.2, 0) is 26.2 Å². The van der Waals surface area contributed by atoms with Crippen LogP contribution in [0.25, 0.3) is 0 Å². The largest absolute Gasteiger partial charge is 0.350 e. The summed E-state index contributed by atoms with van der Waals surface area (Å²) in [6, 6.07) is 14.9. The maximum absolute atomic E-state index is 13.1. The highest BCUT2D eigenvalue weighted by molar-refractivity contribution is 7.89. The van der Waals surface area contributed by atoms with E-state index in [1.54, 1.807) is 17.0 Å². The van der Waals surface area contributed by atoms with E-state index in [0.29, 0.717) is 18.5 Å². The van der Waals surface area contributed by atoms with E-state index in [1.165, 1.54) is 19.2 Å². The van der Waals surface area contributed by atoms with Crippen LogP contribution >= 0.6 is 0 Å². The van der Waals surface area contributed by atoms with Gasteiger partial charge in [0.15, 0.2) is 0 Å². The van der Waals surface area contributed by atoms with Crippen LogP contribution in [0.5, 0.6) is 0 Å². The highest BCUT2D eigenvalue weighted by atomic mass is 32.2. The third-order valence-electron chi connectivity index (χ3n) is 4.98. The van der Waals surface area contributed by atoms with Gasteiger partial charge in [-0.05, 0) is 43.1 Å². The van der Waals surface area contributed by atoms with E-state index in [4.69, 9.17) is 0 Å². The van der Waals surface area contributed by atoms with Crippen molar-refractivity contribution in [1.82, 2.24) is 14.9 Å². The minimum absolute atomic E-state index is 0.0256. The smallest absolute Gasteiger partial charge is 0.247 e. The average molecular weight is 416 g/mol. The van der Waals surface area contributed by atoms with Crippen molar-refractivity contribution in [2.75, 3.05) is 13.6 Å². The lowest BCUT2D eigenvalue weighted by Gasteiger charge is -2.34. The van der Waals surface area contributed by atoms with Crippen LogP contribution in [0.15, 0.2) is 59.5 Å². The Kier molecular flexibility index (Phi) is 6.66. The first-order chi connectivity index (χ1) is 13.9. The molecule has 3 rings (SSSR count). The maximum Gasteiger partial charge on any atom is 0.247 e. The van der Waals surface area contributed by atoms with Gasteiger partial charge in [0.05, 0.1) is 4.90 Å². The first kappa shape index (κ1) is 21.0. The molecular formula is C21H25N3O4S. The topological polar surface area (TPSA) is 95.6 Å². The van der Waals surface area contributed by atoms with Crippen molar-refractivity contribution in [3.63, 3.8) is 0 Å². The van der Waals surface area contributed by atoms with Gasteiger partial charge >= 0.3 is 0 Å². The Bertz CT molecular complexity index is 976. The normalized spacial score (nSPS) is 15.8. The SMILES string of the molecule is CNS(=O)(=O)c1cccc(CNC(=O)C(c2ccccc2)N2CCCCC2=O)c1. The molecule has 1 fully saturated rings. The molecular weight excluding hydrogens is 390 g/mol. The molecule has 1 unspecified atom stereocenters. The molecule has 0 spiro atoms. The fourth-order valence-corrected chi connectivity index (χ4v) is 4.23. The van der Waals surface area contributed by atoms with Gasteiger partial charge in [-0.15, -0.1) is 0 Å². The van der Waals surface area contributed by atoms with Crippen LogP contribution in [0.2, 0.25) is 0 Å². The zero-order valence-electron chi connectivity index (χ0n) is 16.3. The van der Waals surface area contributed by atoms with Crippen molar-refractivity contribution < 1.29 is 18.0 Å². The van der Waals surface area contributed by atoms with Gasteiger partial charge in [0.25, 0.3) is 0 Å². The Morgan fingerprint density at radius 3 is 2.55 bits per heavy atom. The Labute approximate surface area is 171 Å². The number of piperidine rings is 1. The van der Waals surface area contributed by atoms with Crippen molar-refractivity contribution in [3.05, 3.63) is 65.7 Å². The van der Waals surface area contributed by atoms with Crippen LogP contribution in [0, 0.1) is 0 Å². The van der Waals surface area contributed by atoms with Crippen LogP contribution in [0.1, 0.15) is 36.4 Å². The van der Waals surface area contributed by atoms with Gasteiger partial charge in [-0.1, -0.05) is 42.5 Å². The molecule has 0 saturated carbocycles. The number of benzene rings is 2. The van der Waals surface area contributed by atoms with Crippen molar-refractivity contribution in [1.29, 1.82) is 0 Å². The second-order valence-corrected chi connectivity index (χ2v) is 8.82. The molecule has 1 aliphatic rings. The number of carbonyl (C=O) groups is 2. The van der Waals surface area contributed by atoms with E-state index in [9.17, 15) is 18.0 Å². The van der Waals surface area contributed by atoms with Gasteiger partial charge in [-0.3, -0.25) is 9.59 Å². The Morgan fingerprint density at radius 1 is 1.10 bits per heavy atom. The molecule has 2 N–H and O–H groups in total. The summed E-state index contributed by atoms with van der Waals surface area (Å²) in [5.41, 5.74) is 1.42. The number of hydrogen-bond donors (Lipinski definition) is 2. The standard InChI is InChI=1S/C21H25N3O4S/c1-22-29(27,28)18-11-7-8-16(14-18)15-23-21(26)20(17-9-3-2-4-10-17)24-13-6-5-12-19(24)25/h2-4,7-11,14,20,22H,5-6,12-13,15H2,1H3,(H,23,26). The highest BCUT2D eigenvalue weighted by Gasteiger charge is 2.32. The molecule has 7 nitrogen and oxygen atoms in total. The summed E-state index contributed by atoms with van der Waals surface area (Å²) in [4.78, 5) is 27.3. The Balaban J connectivity index is 1.79. The lowest BCUT2D eigenvalue weighted by atomic mass is 10.0. The van der Waals surface area contributed by atoms with E-state index in [2.05, 4.69) is 10.0 Å². The monoisotopic (exact) mass is 415 g/mol. The van der Waals surface area contributed by atoms with E-state index in [0.717, 1.165) is 18.4 Å². The molecule has 1 aliphatic heterocycles. The lowest BCUT2D eigenvalue weighted by Crippen LogP contribution is -2.45. The minimum Gasteiger partial charge on any atom is -0.350 e. The van der Waals surface area contributed by atoms with E-state index in [-0.39, 0.29) is 23.3 Å². The van der Waals surface area contributed by atoms with Crippen LogP contribution < -0.4 is 10.0 Å². The number of carbonyl (C=O) groups excluding carboxylic acids is 2. The van der Waals surface area contributed by atoms with Crippen LogP contribution in [-0.4, -0.2) is 38.7 Å². The molecule has 1 heterocycles. The first-order valence-corrected chi connectivity index (χ1v) is 11.1. The van der Waals surface area contributed by atoms with Crippen molar-refractivity contribution in [2.45, 2.75) is 36.7 Å². The number of sulfonamides is 1. The number of likely N-dealkylation sites (tertiary alicyclic amines) is 1. The van der Waals surface area contributed by atoms with Crippen molar-refractivity contribution in [3.8, 4) is 0 Å². The number of amides is 2. The first-order valence-electron chi connectivity index (χ1n) is 9.57. The van der Waals surface area contributed by atoms with Gasteiger partial charge in [0.2, 0.25) is 21.8 Å². The zero-order chi connectivity index (χ0) is 20.9. The second-order valence-electron chi connectivity index (χ2n) is 6.93. The molecule has 0 radical (unpaired) electrons. The summed E-state index contributed by atoms with van der Waals surface area (Å²) < 4.78 is 26.2. The number of hydrogen-bond acceptors (Lipinski definition) is 4. The molecule has 2 aromatic rings. The fourth-order valence-electron chi connectivity index (χ4n) is 3.43. The summed E-state index contributed by atoms with van der Waals surface area (Å²) in [5, 5.41) is 2.86. The predicted molar refractivity (Wildman–Crippen MR) is 109 cm³/mol. The van der Waals surface area contributed by atoms with E-state index < -0.39 is 16.1 Å². The van der Waals surface area contributed by atoms with E-state index in [1.807, 2.05) is 30.3 Å². The lowest BCUT2D eigenvalue weighted by molar-refractivity contribution is -0.142. The van der Waals surface area contributed by atoms with Gasteiger partial charge in [-0.25, -0.2) is 13.1 Å². The minimum atomic E-state index is -3.56. The Hall–Kier alpha value is -2.71. The third-order valence-corrected chi connectivity index (χ3v) is 6.39. The van der Waals surface area contributed by atoms with Crippen molar-refractivity contribution in [2.24, 2.45) is 0 Å². The predicted octanol–water partition coefficient (Wildman–Crippen LogP) is 1.96. The quantitative estimate of drug-likeness (QED) is 0.723. The molecule has 154 valence electrons. The molecule has 2 amide bonds. The Morgan fingerprint density at radius 2 is 1.86 bits per heavy atom. The summed E-state index contributed by atoms with van der Waals surface area (Å²) in [7, 11) is -2.21. The van der Waals surface area contributed by atoms with Gasteiger partial charge in [-0.2, -0.15) is 0 Å². The molecule has 29 heavy (non-hydrogen) atoms. The molecule has 0 aromatic heterocycles. The van der Waals surface area contributed by atoms with Gasteiger partial charge in [0, 0.05) is 19.5 Å². The third kappa shape index (κ3) is 5.02. The summed E-state index contributed by atoms with van der Waals surface area (Å²) >= 11 is 0. The molecule has 1 atom stereocenters. The summed E-state index contributed by atoms with van der Waals surface area (Å²) in [6.07, 6.45) is 2.15. The molecule has 0 bridgehead atoms. The zero-order valence-corrected chi connectivity index (χ0v) is 17.1. The molecule has 2 aromatic carbocycles. The number of nitrogens with one attached hydrogen (secondary N) is 2. The maximum atomic E-state index is 13.1. The van der Waals surface area contributed by atoms with Gasteiger partial charge in [0.1, 0.15) is 6.04 Å². The highest BCUT2D eigenvalue weighted by Crippen LogP contribution is 2.26. The molecule has 1 saturated heterocycles. The molecule has 0 aliphatic carbocycles. The fraction of sp³-hybridized carbons (Fsp3) is 0.333. The average Bonchev–Trinajstić information content (AvgIpc) is 2.75. The van der Waals surface area contributed by atoms with Crippen molar-refractivity contribution >= 4 is 21.8 Å². The molecule has 8 heteroatoms. The summed E-state index contributed by atoms with van der Waals surface area (Å²) in [6.45, 7) is 0.707. The van der Waals surface area contributed by atoms with E-state index >= 15 is 0 Å². The van der Waals surface area contributed by atoms with Gasteiger partial charge < -0.3 is 10.2 Å². The van der Waals surface area contributed by atoms with Crippen LogP contribution in [0.3, 0.4) is 0 Å².